The molecule has 1 fully saturated rings. The molecule has 0 aliphatic carbocycles. The van der Waals surface area contributed by atoms with Crippen LogP contribution in [-0.2, 0) is 0 Å². The maximum atomic E-state index is 6.20. The summed E-state index contributed by atoms with van der Waals surface area (Å²) in [5.74, 6) is 0. The molecule has 1 heterocycles. The summed E-state index contributed by atoms with van der Waals surface area (Å²) in [5.41, 5.74) is 8.96. The van der Waals surface area contributed by atoms with Crippen molar-refractivity contribution >= 4 is 5.69 Å². The van der Waals surface area contributed by atoms with Crippen molar-refractivity contribution in [1.29, 1.82) is 0 Å². The third kappa shape index (κ3) is 2.77. The molecule has 2 N–H and O–H groups in total. The average molecular weight is 261 g/mol. The molecule has 2 rings (SSSR count). The van der Waals surface area contributed by atoms with Crippen molar-refractivity contribution in [3.05, 3.63) is 29.8 Å². The van der Waals surface area contributed by atoms with E-state index in [1.807, 2.05) is 0 Å². The van der Waals surface area contributed by atoms with Gasteiger partial charge in [0.1, 0.15) is 0 Å². The smallest absolute Gasteiger partial charge is 0.0650 e. The first-order chi connectivity index (χ1) is 9.13. The molecule has 106 valence electrons. The van der Waals surface area contributed by atoms with Crippen LogP contribution in [0.3, 0.4) is 0 Å². The van der Waals surface area contributed by atoms with Crippen LogP contribution in [0.5, 0.6) is 0 Å². The third-order valence-corrected chi connectivity index (χ3v) is 4.42. The molecule has 1 aliphatic heterocycles. The van der Waals surface area contributed by atoms with Crippen LogP contribution in [0.1, 0.15) is 25.3 Å². The number of hydrogen-bond donors (Lipinski definition) is 1. The monoisotopic (exact) mass is 261 g/mol. The van der Waals surface area contributed by atoms with Gasteiger partial charge in [-0.15, -0.1) is 0 Å². The molecule has 3 heteroatoms. The normalized spacial score (nSPS) is 24.4. The molecule has 1 aromatic carbocycles. The molecule has 0 amide bonds. The summed E-state index contributed by atoms with van der Waals surface area (Å²) in [6.07, 6.45) is 2.42. The van der Waals surface area contributed by atoms with Gasteiger partial charge in [0.2, 0.25) is 0 Å². The van der Waals surface area contributed by atoms with E-state index in [1.54, 1.807) is 0 Å². The van der Waals surface area contributed by atoms with Gasteiger partial charge in [0, 0.05) is 25.3 Å². The minimum atomic E-state index is 0.0911. The summed E-state index contributed by atoms with van der Waals surface area (Å²) < 4.78 is 0. The van der Waals surface area contributed by atoms with Crippen molar-refractivity contribution in [3.8, 4) is 0 Å². The first-order valence-electron chi connectivity index (χ1n) is 7.35. The highest BCUT2D eigenvalue weighted by molar-refractivity contribution is 5.55. The maximum Gasteiger partial charge on any atom is 0.0650 e. The van der Waals surface area contributed by atoms with Crippen LogP contribution in [0.15, 0.2) is 24.3 Å². The predicted octanol–water partition coefficient (Wildman–Crippen LogP) is 2.24. The number of nitrogens with two attached hydrogens (primary N) is 1. The van der Waals surface area contributed by atoms with E-state index in [4.69, 9.17) is 5.73 Å². The highest BCUT2D eigenvalue weighted by atomic mass is 15.3. The Kier molecular flexibility index (Phi) is 4.48. The Morgan fingerprint density at radius 2 is 2.11 bits per heavy atom. The van der Waals surface area contributed by atoms with Gasteiger partial charge in [-0.25, -0.2) is 0 Å². The van der Waals surface area contributed by atoms with Gasteiger partial charge < -0.3 is 15.5 Å². The van der Waals surface area contributed by atoms with Crippen LogP contribution in [0.2, 0.25) is 0 Å². The van der Waals surface area contributed by atoms with E-state index in [1.165, 1.54) is 30.6 Å². The van der Waals surface area contributed by atoms with E-state index >= 15 is 0 Å². The second-order valence-electron chi connectivity index (χ2n) is 5.80. The van der Waals surface area contributed by atoms with Crippen LogP contribution >= 0.6 is 0 Å². The molecule has 1 unspecified atom stereocenters. The van der Waals surface area contributed by atoms with E-state index in [-0.39, 0.29) is 5.54 Å². The van der Waals surface area contributed by atoms with Crippen LogP contribution in [0, 0.1) is 6.92 Å². The number of anilines is 1. The largest absolute Gasteiger partial charge is 0.363 e. The molecular weight excluding hydrogens is 234 g/mol. The standard InChI is InChI=1S/C16H27N3/c1-4-19(15-9-6-5-8-14(15)2)16(12-17)10-7-11-18(3)13-16/h5-6,8-9H,4,7,10-13,17H2,1-3H3. The molecule has 1 saturated heterocycles. The Bertz CT molecular complexity index is 418. The third-order valence-electron chi connectivity index (χ3n) is 4.42. The number of piperidine rings is 1. The number of likely N-dealkylation sites (N-methyl/N-ethyl adjacent to an activating group) is 2. The zero-order valence-corrected chi connectivity index (χ0v) is 12.5. The fourth-order valence-electron chi connectivity index (χ4n) is 3.46. The molecule has 0 spiro atoms. The predicted molar refractivity (Wildman–Crippen MR) is 82.7 cm³/mol. The van der Waals surface area contributed by atoms with Crippen molar-refractivity contribution in [2.75, 3.05) is 38.1 Å². The number of rotatable bonds is 4. The van der Waals surface area contributed by atoms with Crippen molar-refractivity contribution in [2.24, 2.45) is 5.73 Å². The van der Waals surface area contributed by atoms with Gasteiger partial charge in [-0.05, 0) is 51.9 Å². The summed E-state index contributed by atoms with van der Waals surface area (Å²) >= 11 is 0. The molecule has 1 aromatic rings. The number of hydrogen-bond acceptors (Lipinski definition) is 3. The second kappa shape index (κ2) is 5.93. The number of para-hydroxylation sites is 1. The fourth-order valence-corrected chi connectivity index (χ4v) is 3.46. The second-order valence-corrected chi connectivity index (χ2v) is 5.80. The zero-order chi connectivity index (χ0) is 13.9. The lowest BCUT2D eigenvalue weighted by Gasteiger charge is -2.50. The summed E-state index contributed by atoms with van der Waals surface area (Å²) in [7, 11) is 2.20. The molecule has 0 bridgehead atoms. The minimum Gasteiger partial charge on any atom is -0.363 e. The highest BCUT2D eigenvalue weighted by Crippen LogP contribution is 2.32. The highest BCUT2D eigenvalue weighted by Gasteiger charge is 2.38. The molecular formula is C16H27N3. The van der Waals surface area contributed by atoms with Crippen LogP contribution in [0.4, 0.5) is 5.69 Å². The molecule has 0 radical (unpaired) electrons. The van der Waals surface area contributed by atoms with Crippen LogP contribution in [0.25, 0.3) is 0 Å². The Balaban J connectivity index is 2.36. The Morgan fingerprint density at radius 1 is 1.37 bits per heavy atom. The average Bonchev–Trinajstić information content (AvgIpc) is 2.42. The van der Waals surface area contributed by atoms with Gasteiger partial charge in [-0.3, -0.25) is 0 Å². The van der Waals surface area contributed by atoms with Gasteiger partial charge in [0.05, 0.1) is 5.54 Å². The Morgan fingerprint density at radius 3 is 2.68 bits per heavy atom. The lowest BCUT2D eigenvalue weighted by atomic mass is 9.86. The van der Waals surface area contributed by atoms with Crippen LogP contribution in [-0.4, -0.2) is 43.7 Å². The molecule has 19 heavy (non-hydrogen) atoms. The first-order valence-corrected chi connectivity index (χ1v) is 7.35. The van der Waals surface area contributed by atoms with Crippen molar-refractivity contribution in [2.45, 2.75) is 32.2 Å². The topological polar surface area (TPSA) is 32.5 Å². The van der Waals surface area contributed by atoms with Gasteiger partial charge in [-0.2, -0.15) is 0 Å². The van der Waals surface area contributed by atoms with Crippen molar-refractivity contribution < 1.29 is 0 Å². The van der Waals surface area contributed by atoms with Gasteiger partial charge in [0.15, 0.2) is 0 Å². The molecule has 0 saturated carbocycles. The maximum absolute atomic E-state index is 6.20. The van der Waals surface area contributed by atoms with Crippen LogP contribution < -0.4 is 10.6 Å². The fraction of sp³-hybridized carbons (Fsp3) is 0.625. The van der Waals surface area contributed by atoms with E-state index in [0.29, 0.717) is 0 Å². The minimum absolute atomic E-state index is 0.0911. The van der Waals surface area contributed by atoms with E-state index in [9.17, 15) is 0 Å². The number of nitrogens with zero attached hydrogens (tertiary/aromatic N) is 2. The molecule has 1 aliphatic rings. The van der Waals surface area contributed by atoms with E-state index in [2.05, 4.69) is 55.0 Å². The Hall–Kier alpha value is -1.06. The molecule has 3 nitrogen and oxygen atoms in total. The van der Waals surface area contributed by atoms with Crippen molar-refractivity contribution in [3.63, 3.8) is 0 Å². The van der Waals surface area contributed by atoms with Gasteiger partial charge in [-0.1, -0.05) is 18.2 Å². The van der Waals surface area contributed by atoms with E-state index < -0.39 is 0 Å². The number of benzene rings is 1. The summed E-state index contributed by atoms with van der Waals surface area (Å²) in [6.45, 7) is 8.40. The first kappa shape index (κ1) is 14.4. The van der Waals surface area contributed by atoms with Gasteiger partial charge in [0.25, 0.3) is 0 Å². The van der Waals surface area contributed by atoms with E-state index in [0.717, 1.165) is 19.6 Å². The number of likely N-dealkylation sites (tertiary alicyclic amines) is 1. The summed E-state index contributed by atoms with van der Waals surface area (Å²) in [4.78, 5) is 4.94. The lowest BCUT2D eigenvalue weighted by molar-refractivity contribution is 0.175. The SMILES string of the molecule is CCN(c1ccccc1C)C1(CN)CCCN(C)C1. The summed E-state index contributed by atoms with van der Waals surface area (Å²) in [6, 6.07) is 8.65. The zero-order valence-electron chi connectivity index (χ0n) is 12.5. The summed E-state index contributed by atoms with van der Waals surface area (Å²) in [5, 5.41) is 0. The quantitative estimate of drug-likeness (QED) is 0.902. The Labute approximate surface area is 117 Å². The molecule has 1 atom stereocenters. The van der Waals surface area contributed by atoms with Gasteiger partial charge >= 0.3 is 0 Å². The number of aryl methyl sites for hydroxylation is 1. The van der Waals surface area contributed by atoms with Crippen molar-refractivity contribution in [1.82, 2.24) is 4.90 Å². The lowest BCUT2D eigenvalue weighted by Crippen LogP contribution is -2.62. The molecule has 0 aromatic heterocycles.